The highest BCUT2D eigenvalue weighted by Crippen LogP contribution is 2.24. The maximum Gasteiger partial charge on any atom is 0.266 e. The van der Waals surface area contributed by atoms with Crippen LogP contribution in [0.4, 0.5) is 8.78 Å². The summed E-state index contributed by atoms with van der Waals surface area (Å²) >= 11 is 7.20. The number of hydrogen-bond donors (Lipinski definition) is 0. The van der Waals surface area contributed by atoms with Crippen LogP contribution in [0.2, 0.25) is 5.02 Å². The molecule has 152 valence electrons. The van der Waals surface area contributed by atoms with Gasteiger partial charge in [-0.2, -0.15) is 0 Å². The zero-order valence-electron chi connectivity index (χ0n) is 15.5. The molecule has 0 aliphatic rings. The van der Waals surface area contributed by atoms with E-state index in [2.05, 4.69) is 4.98 Å². The molecule has 4 rings (SSSR count). The average Bonchev–Trinajstić information content (AvgIpc) is 2.75. The Balaban J connectivity index is 1.66. The highest BCUT2D eigenvalue weighted by atomic mass is 35.5. The lowest BCUT2D eigenvalue weighted by atomic mass is 10.2. The van der Waals surface area contributed by atoms with E-state index in [1.165, 1.54) is 40.6 Å². The van der Waals surface area contributed by atoms with E-state index in [0.29, 0.717) is 27.5 Å². The second kappa shape index (κ2) is 8.85. The SMILES string of the molecule is O=c1c2ccccc2nc(SCCOc2ccccc2F)n1-c1ccc(F)c(Cl)c1. The lowest BCUT2D eigenvalue weighted by Gasteiger charge is -2.14. The van der Waals surface area contributed by atoms with Crippen molar-refractivity contribution in [2.45, 2.75) is 5.16 Å². The summed E-state index contributed by atoms with van der Waals surface area (Å²) in [5, 5.41) is 0.745. The third kappa shape index (κ3) is 4.17. The third-order valence-corrected chi connectivity index (χ3v) is 5.51. The molecule has 4 aromatic rings. The van der Waals surface area contributed by atoms with Gasteiger partial charge in [0.25, 0.3) is 5.56 Å². The predicted molar refractivity (Wildman–Crippen MR) is 115 cm³/mol. The normalized spacial score (nSPS) is 11.0. The Labute approximate surface area is 180 Å². The van der Waals surface area contributed by atoms with Crippen LogP contribution in [0.1, 0.15) is 0 Å². The molecule has 0 aliphatic carbocycles. The molecule has 0 unspecified atom stereocenters. The Hall–Kier alpha value is -2.90. The van der Waals surface area contributed by atoms with Gasteiger partial charge >= 0.3 is 0 Å². The van der Waals surface area contributed by atoms with Gasteiger partial charge in [-0.05, 0) is 42.5 Å². The first-order valence-electron chi connectivity index (χ1n) is 9.02. The van der Waals surface area contributed by atoms with E-state index in [1.807, 2.05) is 0 Å². The van der Waals surface area contributed by atoms with Crippen molar-refractivity contribution in [2.75, 3.05) is 12.4 Å². The number of rotatable bonds is 6. The molecule has 0 amide bonds. The molecule has 0 saturated carbocycles. The zero-order chi connectivity index (χ0) is 21.1. The van der Waals surface area contributed by atoms with Crippen molar-refractivity contribution in [2.24, 2.45) is 0 Å². The van der Waals surface area contributed by atoms with Crippen molar-refractivity contribution in [3.05, 3.63) is 93.7 Å². The van der Waals surface area contributed by atoms with Gasteiger partial charge in [0.2, 0.25) is 0 Å². The van der Waals surface area contributed by atoms with E-state index in [0.717, 1.165) is 0 Å². The highest BCUT2D eigenvalue weighted by molar-refractivity contribution is 7.99. The molecule has 0 spiro atoms. The van der Waals surface area contributed by atoms with Gasteiger partial charge in [-0.25, -0.2) is 13.8 Å². The summed E-state index contributed by atoms with van der Waals surface area (Å²) in [6.45, 7) is 0.207. The minimum absolute atomic E-state index is 0.0913. The van der Waals surface area contributed by atoms with Crippen molar-refractivity contribution in [1.82, 2.24) is 9.55 Å². The number of nitrogens with zero attached hydrogens (tertiary/aromatic N) is 2. The number of para-hydroxylation sites is 2. The number of fused-ring (bicyclic) bond motifs is 1. The highest BCUT2D eigenvalue weighted by Gasteiger charge is 2.14. The largest absolute Gasteiger partial charge is 0.490 e. The smallest absolute Gasteiger partial charge is 0.266 e. The number of ether oxygens (including phenoxy) is 1. The first-order valence-corrected chi connectivity index (χ1v) is 10.4. The maximum absolute atomic E-state index is 13.7. The maximum atomic E-state index is 13.7. The van der Waals surface area contributed by atoms with Gasteiger partial charge in [0, 0.05) is 5.75 Å². The Kier molecular flexibility index (Phi) is 6.01. The molecule has 0 bridgehead atoms. The first-order chi connectivity index (χ1) is 14.5. The van der Waals surface area contributed by atoms with E-state index in [4.69, 9.17) is 16.3 Å². The summed E-state index contributed by atoms with van der Waals surface area (Å²) in [6, 6.07) is 17.2. The second-order valence-electron chi connectivity index (χ2n) is 6.28. The summed E-state index contributed by atoms with van der Waals surface area (Å²) in [5.41, 5.74) is 0.660. The predicted octanol–water partition coefficient (Wildman–Crippen LogP) is 5.49. The van der Waals surface area contributed by atoms with Gasteiger partial charge in [0.1, 0.15) is 5.82 Å². The summed E-state index contributed by atoms with van der Waals surface area (Å²) in [6.07, 6.45) is 0. The quantitative estimate of drug-likeness (QED) is 0.224. The number of benzene rings is 3. The fourth-order valence-electron chi connectivity index (χ4n) is 2.91. The van der Waals surface area contributed by atoms with E-state index in [-0.39, 0.29) is 22.9 Å². The standard InChI is InChI=1S/C22H15ClF2N2O2S/c23-16-13-14(9-10-17(16)24)27-21(28)15-5-1-3-7-19(15)26-22(27)30-12-11-29-20-8-4-2-6-18(20)25/h1-10,13H,11-12H2. The number of hydrogen-bond acceptors (Lipinski definition) is 4. The molecule has 0 radical (unpaired) electrons. The van der Waals surface area contributed by atoms with Crippen LogP contribution in [0.15, 0.2) is 76.7 Å². The van der Waals surface area contributed by atoms with Gasteiger partial charge in [-0.3, -0.25) is 9.36 Å². The second-order valence-corrected chi connectivity index (χ2v) is 7.75. The molecule has 3 aromatic carbocycles. The van der Waals surface area contributed by atoms with E-state index >= 15 is 0 Å². The van der Waals surface area contributed by atoms with Crippen molar-refractivity contribution in [1.29, 1.82) is 0 Å². The fourth-order valence-corrected chi connectivity index (χ4v) is 3.91. The van der Waals surface area contributed by atoms with Crippen LogP contribution in [-0.4, -0.2) is 21.9 Å². The Morgan fingerprint density at radius 2 is 1.77 bits per heavy atom. The molecule has 30 heavy (non-hydrogen) atoms. The van der Waals surface area contributed by atoms with Crippen molar-refractivity contribution in [3.63, 3.8) is 0 Å². The third-order valence-electron chi connectivity index (χ3n) is 4.32. The van der Waals surface area contributed by atoms with E-state index < -0.39 is 11.6 Å². The van der Waals surface area contributed by atoms with Crippen LogP contribution in [0, 0.1) is 11.6 Å². The van der Waals surface area contributed by atoms with Crippen LogP contribution >= 0.6 is 23.4 Å². The first kappa shape index (κ1) is 20.4. The van der Waals surface area contributed by atoms with Gasteiger partial charge in [0.15, 0.2) is 16.7 Å². The molecule has 0 N–H and O–H groups in total. The van der Waals surface area contributed by atoms with Crippen LogP contribution < -0.4 is 10.3 Å². The molecule has 8 heteroatoms. The van der Waals surface area contributed by atoms with Gasteiger partial charge < -0.3 is 4.74 Å². The fraction of sp³-hybridized carbons (Fsp3) is 0.0909. The number of aromatic nitrogens is 2. The van der Waals surface area contributed by atoms with Crippen molar-refractivity contribution in [3.8, 4) is 11.4 Å². The van der Waals surface area contributed by atoms with Gasteiger partial charge in [-0.15, -0.1) is 0 Å². The number of halogens is 3. The summed E-state index contributed by atoms with van der Waals surface area (Å²) in [4.78, 5) is 17.7. The van der Waals surface area contributed by atoms with Crippen molar-refractivity contribution < 1.29 is 13.5 Å². The molecule has 1 heterocycles. The number of thioether (sulfide) groups is 1. The average molecular weight is 445 g/mol. The monoisotopic (exact) mass is 444 g/mol. The van der Waals surface area contributed by atoms with E-state index in [9.17, 15) is 13.6 Å². The lowest BCUT2D eigenvalue weighted by molar-refractivity contribution is 0.325. The van der Waals surface area contributed by atoms with Gasteiger partial charge in [0.05, 0.1) is 28.2 Å². The molecule has 0 saturated heterocycles. The minimum atomic E-state index is -0.574. The summed E-state index contributed by atoms with van der Waals surface area (Å²) in [7, 11) is 0. The van der Waals surface area contributed by atoms with Crippen LogP contribution in [0.5, 0.6) is 5.75 Å². The van der Waals surface area contributed by atoms with Crippen molar-refractivity contribution >= 4 is 34.3 Å². The van der Waals surface area contributed by atoms with E-state index in [1.54, 1.807) is 42.5 Å². The molecular weight excluding hydrogens is 430 g/mol. The van der Waals surface area contributed by atoms with Crippen LogP contribution in [0.25, 0.3) is 16.6 Å². The molecule has 1 aromatic heterocycles. The molecular formula is C22H15ClF2N2O2S. The molecule has 0 atom stereocenters. The van der Waals surface area contributed by atoms with Crippen LogP contribution in [-0.2, 0) is 0 Å². The molecule has 0 aliphatic heterocycles. The zero-order valence-corrected chi connectivity index (χ0v) is 17.1. The Morgan fingerprint density at radius 3 is 2.57 bits per heavy atom. The summed E-state index contributed by atoms with van der Waals surface area (Å²) < 4.78 is 34.2. The topological polar surface area (TPSA) is 44.1 Å². The van der Waals surface area contributed by atoms with Crippen LogP contribution in [0.3, 0.4) is 0 Å². The van der Waals surface area contributed by atoms with Gasteiger partial charge in [-0.1, -0.05) is 47.6 Å². The Morgan fingerprint density at radius 1 is 1.00 bits per heavy atom. The minimum Gasteiger partial charge on any atom is -0.490 e. The Bertz CT molecular complexity index is 1280. The molecule has 4 nitrogen and oxygen atoms in total. The molecule has 0 fully saturated rings. The lowest BCUT2D eigenvalue weighted by Crippen LogP contribution is -2.22. The summed E-state index contributed by atoms with van der Waals surface area (Å²) in [5.74, 6) is -0.445.